The Kier molecular flexibility index (Phi) is 5.30. The number of amides is 3. The molecule has 1 aliphatic rings. The first kappa shape index (κ1) is 15.7. The molecule has 9 heteroatoms. The van der Waals surface area contributed by atoms with Crippen LogP contribution in [-0.4, -0.2) is 71.6 Å². The van der Waals surface area contributed by atoms with Gasteiger partial charge in [0.2, 0.25) is 5.91 Å². The maximum absolute atomic E-state index is 12.2. The van der Waals surface area contributed by atoms with Gasteiger partial charge in [0, 0.05) is 6.54 Å². The van der Waals surface area contributed by atoms with E-state index in [4.69, 9.17) is 10.8 Å². The van der Waals surface area contributed by atoms with Crippen molar-refractivity contribution in [3.8, 4) is 0 Å². The second kappa shape index (κ2) is 6.73. The Morgan fingerprint density at radius 2 is 2.00 bits per heavy atom. The van der Waals surface area contributed by atoms with Gasteiger partial charge in [-0.25, -0.2) is 9.59 Å². The van der Waals surface area contributed by atoms with Gasteiger partial charge >= 0.3 is 18.0 Å². The third kappa shape index (κ3) is 3.84. The normalized spacial score (nSPS) is 17.6. The lowest BCUT2D eigenvalue weighted by Gasteiger charge is -2.29. The lowest BCUT2D eigenvalue weighted by atomic mass is 10.2. The summed E-state index contributed by atoms with van der Waals surface area (Å²) < 4.78 is 4.60. The number of carboxylic acid groups (broad SMARTS) is 1. The van der Waals surface area contributed by atoms with Gasteiger partial charge in [0.25, 0.3) is 0 Å². The Morgan fingerprint density at radius 3 is 2.50 bits per heavy atom. The molecule has 0 aromatic rings. The van der Waals surface area contributed by atoms with E-state index in [0.29, 0.717) is 19.4 Å². The largest absolute Gasteiger partial charge is 0.480 e. The van der Waals surface area contributed by atoms with E-state index in [2.05, 4.69) is 4.74 Å². The fraction of sp³-hybridized carbons (Fsp3) is 0.636. The summed E-state index contributed by atoms with van der Waals surface area (Å²) in [5.74, 6) is -2.66. The van der Waals surface area contributed by atoms with Crippen LogP contribution in [0.15, 0.2) is 0 Å². The number of primary amides is 1. The lowest BCUT2D eigenvalue weighted by Crippen LogP contribution is -2.51. The summed E-state index contributed by atoms with van der Waals surface area (Å²) in [6.45, 7) is -0.880. The van der Waals surface area contributed by atoms with Gasteiger partial charge in [-0.05, 0) is 12.8 Å². The Balaban J connectivity index is 2.84. The van der Waals surface area contributed by atoms with Crippen LogP contribution in [0.4, 0.5) is 4.79 Å². The second-order valence-corrected chi connectivity index (χ2v) is 4.37. The van der Waals surface area contributed by atoms with E-state index in [1.807, 2.05) is 0 Å². The van der Waals surface area contributed by atoms with E-state index in [1.54, 1.807) is 0 Å². The molecule has 1 saturated heterocycles. The van der Waals surface area contributed by atoms with Crippen LogP contribution in [0.2, 0.25) is 0 Å². The molecule has 0 aromatic carbocycles. The highest BCUT2D eigenvalue weighted by molar-refractivity contribution is 5.89. The molecule has 3 N–H and O–H groups in total. The molecule has 9 nitrogen and oxygen atoms in total. The highest BCUT2D eigenvalue weighted by Crippen LogP contribution is 2.20. The molecule has 0 radical (unpaired) electrons. The number of hydrogen-bond donors (Lipinski definition) is 2. The van der Waals surface area contributed by atoms with Crippen molar-refractivity contribution in [2.75, 3.05) is 26.7 Å². The van der Waals surface area contributed by atoms with Crippen molar-refractivity contribution in [3.05, 3.63) is 0 Å². The summed E-state index contributed by atoms with van der Waals surface area (Å²) in [6, 6.07) is -1.46. The van der Waals surface area contributed by atoms with Crippen molar-refractivity contribution < 1.29 is 29.0 Å². The monoisotopic (exact) mass is 287 g/mol. The van der Waals surface area contributed by atoms with Crippen LogP contribution in [0.1, 0.15) is 12.8 Å². The number of urea groups is 1. The quantitative estimate of drug-likeness (QED) is 0.599. The fourth-order valence-corrected chi connectivity index (χ4v) is 2.10. The number of carbonyl (C=O) groups excluding carboxylic acids is 3. The van der Waals surface area contributed by atoms with Crippen molar-refractivity contribution in [3.63, 3.8) is 0 Å². The molecule has 1 rings (SSSR count). The molecular weight excluding hydrogens is 270 g/mol. The molecule has 1 heterocycles. The Labute approximate surface area is 115 Å². The fourth-order valence-electron chi connectivity index (χ4n) is 2.10. The molecule has 1 aliphatic heterocycles. The van der Waals surface area contributed by atoms with Crippen LogP contribution in [0.25, 0.3) is 0 Å². The zero-order valence-corrected chi connectivity index (χ0v) is 11.1. The molecule has 0 aromatic heterocycles. The zero-order chi connectivity index (χ0) is 15.3. The topological polar surface area (TPSA) is 130 Å². The average molecular weight is 287 g/mol. The Morgan fingerprint density at radius 1 is 1.35 bits per heavy atom. The van der Waals surface area contributed by atoms with E-state index in [9.17, 15) is 19.2 Å². The van der Waals surface area contributed by atoms with Gasteiger partial charge in [-0.3, -0.25) is 9.59 Å². The van der Waals surface area contributed by atoms with E-state index < -0.39 is 43.0 Å². The number of nitrogens with zero attached hydrogens (tertiary/aromatic N) is 2. The van der Waals surface area contributed by atoms with E-state index >= 15 is 0 Å². The van der Waals surface area contributed by atoms with Gasteiger partial charge in [0.1, 0.15) is 19.1 Å². The SMILES string of the molecule is COC(=O)C1CCCN1C(=O)N(CC(N)=O)CC(=O)O. The van der Waals surface area contributed by atoms with Crippen LogP contribution in [0, 0.1) is 0 Å². The molecule has 0 bridgehead atoms. The van der Waals surface area contributed by atoms with Crippen molar-refractivity contribution in [2.45, 2.75) is 18.9 Å². The number of rotatable bonds is 5. The molecular formula is C11H17N3O6. The van der Waals surface area contributed by atoms with Crippen molar-refractivity contribution in [1.82, 2.24) is 9.80 Å². The standard InChI is InChI=1S/C11H17N3O6/c1-20-10(18)7-3-2-4-14(7)11(19)13(5-8(12)15)6-9(16)17/h7H,2-6H2,1H3,(H2,12,15)(H,16,17). The van der Waals surface area contributed by atoms with Crippen LogP contribution < -0.4 is 5.73 Å². The van der Waals surface area contributed by atoms with Crippen LogP contribution in [0.3, 0.4) is 0 Å². The molecule has 0 aliphatic carbocycles. The van der Waals surface area contributed by atoms with Crippen molar-refractivity contribution in [2.24, 2.45) is 5.73 Å². The number of nitrogens with two attached hydrogens (primary N) is 1. The minimum atomic E-state index is -1.27. The van der Waals surface area contributed by atoms with E-state index in [1.165, 1.54) is 12.0 Å². The first-order valence-electron chi connectivity index (χ1n) is 6.00. The first-order valence-corrected chi connectivity index (χ1v) is 6.00. The number of hydrogen-bond acceptors (Lipinski definition) is 5. The summed E-state index contributed by atoms with van der Waals surface area (Å²) in [5, 5.41) is 8.75. The maximum Gasteiger partial charge on any atom is 0.328 e. The minimum Gasteiger partial charge on any atom is -0.480 e. The van der Waals surface area contributed by atoms with Crippen LogP contribution >= 0.6 is 0 Å². The predicted octanol–water partition coefficient (Wildman–Crippen LogP) is -1.38. The summed E-state index contributed by atoms with van der Waals surface area (Å²) in [5.41, 5.74) is 4.99. The van der Waals surface area contributed by atoms with Gasteiger partial charge in [-0.2, -0.15) is 0 Å². The van der Waals surface area contributed by atoms with Crippen LogP contribution in [0.5, 0.6) is 0 Å². The summed E-state index contributed by atoms with van der Waals surface area (Å²) in [6.07, 6.45) is 1.04. The minimum absolute atomic E-state index is 0.299. The van der Waals surface area contributed by atoms with E-state index in [-0.39, 0.29) is 0 Å². The van der Waals surface area contributed by atoms with Crippen LogP contribution in [-0.2, 0) is 19.1 Å². The maximum atomic E-state index is 12.2. The number of aliphatic carboxylic acids is 1. The number of ether oxygens (including phenoxy) is 1. The molecule has 1 fully saturated rings. The second-order valence-electron chi connectivity index (χ2n) is 4.37. The summed E-state index contributed by atoms with van der Waals surface area (Å²) in [4.78, 5) is 47.4. The van der Waals surface area contributed by atoms with Gasteiger partial charge in [0.15, 0.2) is 0 Å². The van der Waals surface area contributed by atoms with Crippen molar-refractivity contribution >= 4 is 23.9 Å². The summed E-state index contributed by atoms with van der Waals surface area (Å²) >= 11 is 0. The number of likely N-dealkylation sites (tertiary alicyclic amines) is 1. The molecule has 112 valence electrons. The average Bonchev–Trinajstić information content (AvgIpc) is 2.84. The molecule has 1 unspecified atom stereocenters. The Bertz CT molecular complexity index is 408. The smallest absolute Gasteiger partial charge is 0.328 e. The summed E-state index contributed by atoms with van der Waals surface area (Å²) in [7, 11) is 1.21. The first-order chi connectivity index (χ1) is 9.36. The van der Waals surface area contributed by atoms with Gasteiger partial charge in [-0.15, -0.1) is 0 Å². The van der Waals surface area contributed by atoms with Gasteiger partial charge in [0.05, 0.1) is 7.11 Å². The Hall–Kier alpha value is -2.32. The lowest BCUT2D eigenvalue weighted by molar-refractivity contribution is -0.145. The third-order valence-electron chi connectivity index (χ3n) is 2.92. The molecule has 20 heavy (non-hydrogen) atoms. The molecule has 3 amide bonds. The predicted molar refractivity (Wildman–Crippen MR) is 65.5 cm³/mol. The van der Waals surface area contributed by atoms with Gasteiger partial charge < -0.3 is 25.4 Å². The molecule has 0 saturated carbocycles. The number of carbonyl (C=O) groups is 4. The third-order valence-corrected chi connectivity index (χ3v) is 2.92. The zero-order valence-electron chi connectivity index (χ0n) is 11.1. The number of carboxylic acids is 1. The highest BCUT2D eigenvalue weighted by Gasteiger charge is 2.37. The van der Waals surface area contributed by atoms with E-state index in [0.717, 1.165) is 4.90 Å². The number of methoxy groups -OCH3 is 1. The van der Waals surface area contributed by atoms with Gasteiger partial charge in [-0.1, -0.05) is 0 Å². The molecule has 1 atom stereocenters. The molecule has 0 spiro atoms. The highest BCUT2D eigenvalue weighted by atomic mass is 16.5. The number of esters is 1. The van der Waals surface area contributed by atoms with Crippen molar-refractivity contribution in [1.29, 1.82) is 0 Å².